The highest BCUT2D eigenvalue weighted by molar-refractivity contribution is 8.00. The van der Waals surface area contributed by atoms with E-state index in [-0.39, 0.29) is 36.0 Å². The quantitative estimate of drug-likeness (QED) is 0.386. The van der Waals surface area contributed by atoms with E-state index in [0.717, 1.165) is 16.0 Å². The van der Waals surface area contributed by atoms with Crippen molar-refractivity contribution in [1.29, 1.82) is 0 Å². The standard InChI is InChI=1S/C22H23N5O3S/c1-14-3-5-17(6-4-14)31-13-20(29)27-26-19(28)8-7-18-15(2)24-21(25-22(18)30)16-9-11-23-12-10-16/h3-6,9-12H,7-8,13H2,1-2H3,(H,26,28)(H,27,29)(H,24,25,30). The van der Waals surface area contributed by atoms with E-state index < -0.39 is 0 Å². The van der Waals surface area contributed by atoms with E-state index in [9.17, 15) is 14.4 Å². The number of hydrazine groups is 1. The molecule has 0 saturated heterocycles. The van der Waals surface area contributed by atoms with Gasteiger partial charge in [0, 0.05) is 40.5 Å². The molecule has 0 fully saturated rings. The van der Waals surface area contributed by atoms with Gasteiger partial charge in [-0.3, -0.25) is 30.2 Å². The van der Waals surface area contributed by atoms with E-state index in [0.29, 0.717) is 17.1 Å². The maximum Gasteiger partial charge on any atom is 0.254 e. The minimum Gasteiger partial charge on any atom is -0.306 e. The first-order chi connectivity index (χ1) is 14.9. The predicted octanol–water partition coefficient (Wildman–Crippen LogP) is 2.32. The van der Waals surface area contributed by atoms with Crippen molar-refractivity contribution in [2.45, 2.75) is 31.6 Å². The summed E-state index contributed by atoms with van der Waals surface area (Å²) in [5.74, 6) is -0.0545. The fourth-order valence-electron chi connectivity index (χ4n) is 2.81. The van der Waals surface area contributed by atoms with Crippen molar-refractivity contribution in [2.24, 2.45) is 0 Å². The van der Waals surface area contributed by atoms with E-state index in [2.05, 4.69) is 25.8 Å². The van der Waals surface area contributed by atoms with Crippen LogP contribution in [0.15, 0.2) is 58.5 Å². The van der Waals surface area contributed by atoms with E-state index >= 15 is 0 Å². The molecule has 0 atom stereocenters. The first-order valence-corrected chi connectivity index (χ1v) is 10.7. The van der Waals surface area contributed by atoms with Gasteiger partial charge in [-0.15, -0.1) is 11.8 Å². The molecule has 2 heterocycles. The molecule has 0 aliphatic carbocycles. The zero-order valence-electron chi connectivity index (χ0n) is 17.3. The highest BCUT2D eigenvalue weighted by Crippen LogP contribution is 2.17. The maximum atomic E-state index is 12.4. The number of thioether (sulfide) groups is 1. The molecule has 0 radical (unpaired) electrons. The molecule has 2 aromatic heterocycles. The van der Waals surface area contributed by atoms with Gasteiger partial charge in [0.25, 0.3) is 5.56 Å². The number of hydrogen-bond donors (Lipinski definition) is 3. The number of carbonyl (C=O) groups excluding carboxylic acids is 2. The van der Waals surface area contributed by atoms with Crippen LogP contribution in [-0.4, -0.2) is 32.5 Å². The molecule has 0 saturated carbocycles. The summed E-state index contributed by atoms with van der Waals surface area (Å²) < 4.78 is 0. The van der Waals surface area contributed by atoms with Gasteiger partial charge in [-0.1, -0.05) is 17.7 Å². The highest BCUT2D eigenvalue weighted by Gasteiger charge is 2.12. The van der Waals surface area contributed by atoms with Crippen molar-refractivity contribution in [2.75, 3.05) is 5.75 Å². The Labute approximate surface area is 183 Å². The molecule has 3 rings (SSSR count). The smallest absolute Gasteiger partial charge is 0.254 e. The average molecular weight is 438 g/mol. The van der Waals surface area contributed by atoms with Crippen LogP contribution >= 0.6 is 11.8 Å². The van der Waals surface area contributed by atoms with Crippen LogP contribution in [-0.2, 0) is 16.0 Å². The van der Waals surface area contributed by atoms with Gasteiger partial charge in [-0.25, -0.2) is 4.98 Å². The molecular weight excluding hydrogens is 414 g/mol. The Balaban J connectivity index is 1.47. The van der Waals surface area contributed by atoms with Gasteiger partial charge in [-0.2, -0.15) is 0 Å². The molecule has 8 nitrogen and oxygen atoms in total. The SMILES string of the molecule is Cc1ccc(SCC(=O)NNC(=O)CCc2c(C)nc(-c3ccncc3)[nH]c2=O)cc1. The van der Waals surface area contributed by atoms with Crippen LogP contribution in [0.3, 0.4) is 0 Å². The maximum absolute atomic E-state index is 12.4. The molecule has 0 unspecified atom stereocenters. The van der Waals surface area contributed by atoms with Crippen molar-refractivity contribution in [1.82, 2.24) is 25.8 Å². The Morgan fingerprint density at radius 1 is 1.00 bits per heavy atom. The Hall–Kier alpha value is -3.46. The zero-order valence-corrected chi connectivity index (χ0v) is 18.1. The molecule has 1 aromatic carbocycles. The Morgan fingerprint density at radius 2 is 1.68 bits per heavy atom. The number of pyridine rings is 1. The largest absolute Gasteiger partial charge is 0.306 e. The van der Waals surface area contributed by atoms with E-state index in [1.165, 1.54) is 11.8 Å². The van der Waals surface area contributed by atoms with E-state index in [1.54, 1.807) is 31.5 Å². The van der Waals surface area contributed by atoms with Crippen molar-refractivity contribution in [3.8, 4) is 11.4 Å². The monoisotopic (exact) mass is 437 g/mol. The predicted molar refractivity (Wildman–Crippen MR) is 119 cm³/mol. The lowest BCUT2D eigenvalue weighted by Crippen LogP contribution is -2.42. The van der Waals surface area contributed by atoms with Crippen molar-refractivity contribution >= 4 is 23.6 Å². The molecule has 160 valence electrons. The molecular formula is C22H23N5O3S. The van der Waals surface area contributed by atoms with Crippen LogP contribution in [0.2, 0.25) is 0 Å². The number of hydrogen-bond acceptors (Lipinski definition) is 6. The summed E-state index contributed by atoms with van der Waals surface area (Å²) in [4.78, 5) is 48.5. The topological polar surface area (TPSA) is 117 Å². The Morgan fingerprint density at radius 3 is 2.35 bits per heavy atom. The van der Waals surface area contributed by atoms with Gasteiger partial charge in [0.2, 0.25) is 11.8 Å². The second-order valence-corrected chi connectivity index (χ2v) is 7.96. The van der Waals surface area contributed by atoms with Gasteiger partial charge < -0.3 is 4.98 Å². The van der Waals surface area contributed by atoms with Crippen LogP contribution in [0, 0.1) is 13.8 Å². The first kappa shape index (κ1) is 22.2. The van der Waals surface area contributed by atoms with Crippen LogP contribution in [0.4, 0.5) is 0 Å². The lowest BCUT2D eigenvalue weighted by Gasteiger charge is -2.09. The second kappa shape index (κ2) is 10.5. The van der Waals surface area contributed by atoms with Crippen molar-refractivity contribution < 1.29 is 9.59 Å². The third kappa shape index (κ3) is 6.51. The fraction of sp³-hybridized carbons (Fsp3) is 0.227. The summed E-state index contributed by atoms with van der Waals surface area (Å²) in [5.41, 5.74) is 7.39. The number of nitrogens with one attached hydrogen (secondary N) is 3. The van der Waals surface area contributed by atoms with Gasteiger partial charge in [0.15, 0.2) is 0 Å². The van der Waals surface area contributed by atoms with Crippen LogP contribution in [0.25, 0.3) is 11.4 Å². The number of aromatic nitrogens is 3. The molecule has 0 aliphatic heterocycles. The molecule has 0 bridgehead atoms. The van der Waals surface area contributed by atoms with Gasteiger partial charge in [0.1, 0.15) is 5.82 Å². The third-order valence-electron chi connectivity index (χ3n) is 4.51. The summed E-state index contributed by atoms with van der Waals surface area (Å²) in [5, 5.41) is 0. The molecule has 3 aromatic rings. The Kier molecular flexibility index (Phi) is 7.55. The fourth-order valence-corrected chi connectivity index (χ4v) is 3.51. The van der Waals surface area contributed by atoms with Crippen molar-refractivity contribution in [3.63, 3.8) is 0 Å². The minimum absolute atomic E-state index is 0.0472. The number of aromatic amines is 1. The number of rotatable bonds is 7. The average Bonchev–Trinajstić information content (AvgIpc) is 2.77. The molecule has 31 heavy (non-hydrogen) atoms. The summed E-state index contributed by atoms with van der Waals surface area (Å²) in [6.07, 6.45) is 3.50. The molecule has 2 amide bonds. The normalized spacial score (nSPS) is 10.5. The number of carbonyl (C=O) groups is 2. The summed E-state index contributed by atoms with van der Waals surface area (Å²) in [7, 11) is 0. The highest BCUT2D eigenvalue weighted by atomic mass is 32.2. The van der Waals surface area contributed by atoms with Crippen LogP contribution in [0.5, 0.6) is 0 Å². The molecule has 0 spiro atoms. The van der Waals surface area contributed by atoms with Crippen LogP contribution in [0.1, 0.15) is 23.2 Å². The zero-order chi connectivity index (χ0) is 22.2. The van der Waals surface area contributed by atoms with Gasteiger partial charge >= 0.3 is 0 Å². The number of H-pyrrole nitrogens is 1. The van der Waals surface area contributed by atoms with Crippen LogP contribution < -0.4 is 16.4 Å². The van der Waals surface area contributed by atoms with Gasteiger partial charge in [-0.05, 0) is 44.5 Å². The number of benzene rings is 1. The van der Waals surface area contributed by atoms with E-state index in [1.807, 2.05) is 31.2 Å². The summed E-state index contributed by atoms with van der Waals surface area (Å²) in [6.45, 7) is 3.73. The van der Waals surface area contributed by atoms with Crippen molar-refractivity contribution in [3.05, 3.63) is 76.0 Å². The lowest BCUT2D eigenvalue weighted by atomic mass is 10.1. The molecule has 9 heteroatoms. The summed E-state index contributed by atoms with van der Waals surface area (Å²) >= 11 is 1.38. The number of nitrogens with zero attached hydrogens (tertiary/aromatic N) is 2. The minimum atomic E-state index is -0.384. The number of amides is 2. The molecule has 3 N–H and O–H groups in total. The molecule has 0 aliphatic rings. The summed E-state index contributed by atoms with van der Waals surface area (Å²) in [6, 6.07) is 11.4. The lowest BCUT2D eigenvalue weighted by molar-refractivity contribution is -0.127. The Bertz CT molecular complexity index is 1110. The third-order valence-corrected chi connectivity index (χ3v) is 5.52. The van der Waals surface area contributed by atoms with E-state index in [4.69, 9.17) is 0 Å². The number of aryl methyl sites for hydroxylation is 2. The first-order valence-electron chi connectivity index (χ1n) is 9.69. The van der Waals surface area contributed by atoms with Gasteiger partial charge in [0.05, 0.1) is 5.75 Å². The second-order valence-electron chi connectivity index (χ2n) is 6.91.